The summed E-state index contributed by atoms with van der Waals surface area (Å²) in [5.41, 5.74) is 3.66. The van der Waals surface area contributed by atoms with Gasteiger partial charge in [0.15, 0.2) is 17.8 Å². The fourth-order valence-corrected chi connectivity index (χ4v) is 5.17. The molecule has 5 rings (SSSR count). The molecule has 38 heavy (non-hydrogen) atoms. The topological polar surface area (TPSA) is 148 Å². The summed E-state index contributed by atoms with van der Waals surface area (Å²) in [5, 5.41) is 16.2. The molecule has 5 aromatic heterocycles. The first-order valence-electron chi connectivity index (χ1n) is 11.7. The van der Waals surface area contributed by atoms with Gasteiger partial charge < -0.3 is 15.1 Å². The minimum atomic E-state index is -0.423. The molecule has 0 saturated carbocycles. The Bertz CT molecular complexity index is 1690. The Morgan fingerprint density at radius 1 is 1.18 bits per heavy atom. The number of rotatable bonds is 6. The number of aryl methyl sites for hydroxylation is 3. The predicted molar refractivity (Wildman–Crippen MR) is 147 cm³/mol. The third-order valence-corrected chi connectivity index (χ3v) is 6.81. The number of anilines is 2. The van der Waals surface area contributed by atoms with E-state index in [2.05, 4.69) is 34.9 Å². The molecule has 0 radical (unpaired) electrons. The number of fused-ring (bicyclic) bond motifs is 1. The minimum Gasteiger partial charge on any atom is -0.442 e. The number of carbonyl (C=O) groups is 1. The summed E-state index contributed by atoms with van der Waals surface area (Å²) in [5.74, 6) is 0.804. The van der Waals surface area contributed by atoms with E-state index in [0.29, 0.717) is 50.3 Å². The molecule has 0 aliphatic rings. The summed E-state index contributed by atoms with van der Waals surface area (Å²) in [6.45, 7) is 9.33. The molecule has 0 saturated heterocycles. The highest BCUT2D eigenvalue weighted by Crippen LogP contribution is 2.32. The van der Waals surface area contributed by atoms with Gasteiger partial charge in [0.2, 0.25) is 0 Å². The van der Waals surface area contributed by atoms with Gasteiger partial charge in [-0.05, 0) is 58.3 Å². The van der Waals surface area contributed by atoms with Gasteiger partial charge in [0, 0.05) is 17.1 Å². The normalized spacial score (nSPS) is 11.3. The van der Waals surface area contributed by atoms with Crippen LogP contribution < -0.4 is 10.6 Å². The van der Waals surface area contributed by atoms with Crippen molar-refractivity contribution in [2.45, 2.75) is 40.7 Å². The zero-order valence-electron chi connectivity index (χ0n) is 21.3. The van der Waals surface area contributed by atoms with Gasteiger partial charge in [-0.25, -0.2) is 19.9 Å². The maximum absolute atomic E-state index is 13.6. The van der Waals surface area contributed by atoms with Gasteiger partial charge >= 0.3 is 0 Å². The molecule has 5 aromatic rings. The maximum Gasteiger partial charge on any atom is 0.283 e. The Kier molecular flexibility index (Phi) is 6.67. The molecule has 0 unspecified atom stereocenters. The first kappa shape index (κ1) is 25.5. The van der Waals surface area contributed by atoms with Crippen LogP contribution in [-0.4, -0.2) is 46.7 Å². The molecular formula is C25H24ClN9O2S. The molecule has 0 bridgehead atoms. The number of hydrogen-bond acceptors (Lipinski definition) is 10. The van der Waals surface area contributed by atoms with Crippen LogP contribution in [0.15, 0.2) is 35.3 Å². The average molecular weight is 550 g/mol. The maximum atomic E-state index is 13.6. The highest BCUT2D eigenvalue weighted by atomic mass is 35.5. The van der Waals surface area contributed by atoms with Gasteiger partial charge in [-0.3, -0.25) is 14.8 Å². The standard InChI is InChI=1S/C25H24ClN9O2S/c1-11(2)30-22(27)19-13(4)34-38-24(19)33-15-7-17(26)21(29-8-15)25(36)35-12(3)6-16-20(18-9-28-10-37-18)31-14(5)32-23(16)35/h6-11,33H,1-5H3,(H2,27,30). The van der Waals surface area contributed by atoms with Crippen molar-refractivity contribution >= 4 is 56.6 Å². The number of nitrogens with zero attached hydrogens (tertiary/aromatic N) is 6. The van der Waals surface area contributed by atoms with Crippen LogP contribution in [0.3, 0.4) is 0 Å². The van der Waals surface area contributed by atoms with Crippen LogP contribution in [0.5, 0.6) is 0 Å². The van der Waals surface area contributed by atoms with Crippen LogP contribution in [0.2, 0.25) is 5.02 Å². The molecule has 13 heteroatoms. The molecule has 0 aromatic carbocycles. The van der Waals surface area contributed by atoms with E-state index in [1.165, 1.54) is 28.7 Å². The highest BCUT2D eigenvalue weighted by Gasteiger charge is 2.24. The molecule has 0 fully saturated rings. The van der Waals surface area contributed by atoms with E-state index in [4.69, 9.17) is 21.4 Å². The van der Waals surface area contributed by atoms with E-state index in [1.807, 2.05) is 26.8 Å². The second kappa shape index (κ2) is 9.95. The molecule has 3 N–H and O–H groups in total. The van der Waals surface area contributed by atoms with Gasteiger partial charge in [-0.1, -0.05) is 11.6 Å². The number of aromatic nitrogens is 6. The van der Waals surface area contributed by atoms with Crippen molar-refractivity contribution < 1.29 is 9.21 Å². The van der Waals surface area contributed by atoms with E-state index in [-0.39, 0.29) is 22.6 Å². The molecule has 0 aliphatic carbocycles. The summed E-state index contributed by atoms with van der Waals surface area (Å²) in [4.78, 5) is 31.0. The summed E-state index contributed by atoms with van der Waals surface area (Å²) >= 11 is 7.81. The summed E-state index contributed by atoms with van der Waals surface area (Å²) in [6.07, 6.45) is 4.42. The fourth-order valence-electron chi connectivity index (χ4n) is 4.10. The Labute approximate surface area is 227 Å². The zero-order valence-corrected chi connectivity index (χ0v) is 22.8. The van der Waals surface area contributed by atoms with Crippen LogP contribution >= 0.6 is 23.1 Å². The Hall–Kier alpha value is -4.16. The quantitative estimate of drug-likeness (QED) is 0.190. The van der Waals surface area contributed by atoms with Gasteiger partial charge in [0.25, 0.3) is 5.91 Å². The molecule has 0 amide bonds. The molecule has 194 valence electrons. The molecule has 11 nitrogen and oxygen atoms in total. The van der Waals surface area contributed by atoms with E-state index in [1.54, 1.807) is 26.1 Å². The van der Waals surface area contributed by atoms with E-state index >= 15 is 0 Å². The molecule has 0 aliphatic heterocycles. The SMILES string of the molecule is Cc1nc(-c2cnco2)c2cc(C)n(C(=O)c3ncc(Nc4snc(C)c4C(=N)NC(C)C)cc3Cl)c2n1. The lowest BCUT2D eigenvalue weighted by Gasteiger charge is -2.13. The largest absolute Gasteiger partial charge is 0.442 e. The number of oxazole rings is 1. The fraction of sp³-hybridized carbons (Fsp3) is 0.240. The molecule has 0 atom stereocenters. The van der Waals surface area contributed by atoms with Crippen LogP contribution in [-0.2, 0) is 0 Å². The minimum absolute atomic E-state index is 0.0743. The van der Waals surface area contributed by atoms with Crippen LogP contribution in [0.1, 0.15) is 47.1 Å². The van der Waals surface area contributed by atoms with Crippen molar-refractivity contribution in [3.63, 3.8) is 0 Å². The van der Waals surface area contributed by atoms with Crippen molar-refractivity contribution in [1.29, 1.82) is 5.41 Å². The van der Waals surface area contributed by atoms with Crippen molar-refractivity contribution in [3.8, 4) is 11.5 Å². The van der Waals surface area contributed by atoms with Crippen LogP contribution in [0.4, 0.5) is 10.7 Å². The van der Waals surface area contributed by atoms with Crippen LogP contribution in [0, 0.1) is 26.2 Å². The first-order valence-corrected chi connectivity index (χ1v) is 12.8. The first-order chi connectivity index (χ1) is 18.1. The summed E-state index contributed by atoms with van der Waals surface area (Å²) in [6, 6.07) is 3.55. The van der Waals surface area contributed by atoms with Crippen molar-refractivity contribution in [2.24, 2.45) is 0 Å². The van der Waals surface area contributed by atoms with Gasteiger partial charge in [0.05, 0.1) is 34.4 Å². The van der Waals surface area contributed by atoms with E-state index in [9.17, 15) is 4.79 Å². The molecular weight excluding hydrogens is 526 g/mol. The van der Waals surface area contributed by atoms with Crippen molar-refractivity contribution in [2.75, 3.05) is 5.32 Å². The van der Waals surface area contributed by atoms with Gasteiger partial charge in [-0.2, -0.15) is 4.37 Å². The second-order valence-corrected chi connectivity index (χ2v) is 10.2. The number of carbonyl (C=O) groups excluding carboxylic acids is 1. The second-order valence-electron chi connectivity index (χ2n) is 8.97. The third-order valence-electron chi connectivity index (χ3n) is 5.67. The highest BCUT2D eigenvalue weighted by molar-refractivity contribution is 7.10. The summed E-state index contributed by atoms with van der Waals surface area (Å²) in [7, 11) is 0. The van der Waals surface area contributed by atoms with Crippen molar-refractivity contribution in [3.05, 3.63) is 64.4 Å². The van der Waals surface area contributed by atoms with Gasteiger partial charge in [-0.15, -0.1) is 0 Å². The van der Waals surface area contributed by atoms with Crippen molar-refractivity contribution in [1.82, 2.24) is 34.2 Å². The van der Waals surface area contributed by atoms with E-state index < -0.39 is 5.91 Å². The number of hydrogen-bond donors (Lipinski definition) is 3. The number of halogens is 1. The lowest BCUT2D eigenvalue weighted by atomic mass is 10.2. The number of nitrogens with one attached hydrogen (secondary N) is 3. The lowest BCUT2D eigenvalue weighted by Crippen LogP contribution is -2.30. The van der Waals surface area contributed by atoms with E-state index in [0.717, 1.165) is 5.69 Å². The average Bonchev–Trinajstić information content (AvgIpc) is 3.57. The van der Waals surface area contributed by atoms with Gasteiger partial charge in [0.1, 0.15) is 28.0 Å². The lowest BCUT2D eigenvalue weighted by molar-refractivity contribution is 0.0958. The number of amidine groups is 1. The zero-order chi connectivity index (χ0) is 27.1. The Morgan fingerprint density at radius 3 is 2.66 bits per heavy atom. The number of pyridine rings is 1. The third kappa shape index (κ3) is 4.63. The van der Waals surface area contributed by atoms with Crippen LogP contribution in [0.25, 0.3) is 22.5 Å². The monoisotopic (exact) mass is 549 g/mol. The Balaban J connectivity index is 1.48. The summed E-state index contributed by atoms with van der Waals surface area (Å²) < 4.78 is 11.3. The molecule has 5 heterocycles. The Morgan fingerprint density at radius 2 is 1.97 bits per heavy atom. The molecule has 0 spiro atoms. The predicted octanol–water partition coefficient (Wildman–Crippen LogP) is 5.27. The smallest absolute Gasteiger partial charge is 0.283 e.